The van der Waals surface area contributed by atoms with Gasteiger partial charge in [-0.3, -0.25) is 9.36 Å². The molecule has 0 fully saturated rings. The highest BCUT2D eigenvalue weighted by molar-refractivity contribution is 7.98. The summed E-state index contributed by atoms with van der Waals surface area (Å²) >= 11 is 1.64. The predicted octanol–water partition coefficient (Wildman–Crippen LogP) is 6.82. The molecule has 1 unspecified atom stereocenters. The number of nitrogens with one attached hydrogen (secondary N) is 1. The third-order valence-corrected chi connectivity index (χ3v) is 7.15. The van der Waals surface area contributed by atoms with Crippen LogP contribution in [0.5, 0.6) is 0 Å². The van der Waals surface area contributed by atoms with Gasteiger partial charge in [-0.2, -0.15) is 0 Å². The van der Waals surface area contributed by atoms with Gasteiger partial charge in [-0.25, -0.2) is 0 Å². The molecule has 1 N–H and O–H groups in total. The van der Waals surface area contributed by atoms with Gasteiger partial charge in [-0.1, -0.05) is 89.6 Å². The summed E-state index contributed by atoms with van der Waals surface area (Å²) in [5.74, 6) is 1.34. The van der Waals surface area contributed by atoms with Crippen molar-refractivity contribution in [1.29, 1.82) is 0 Å². The number of hydrogen-bond acceptors (Lipinski definition) is 4. The van der Waals surface area contributed by atoms with E-state index in [1.807, 2.05) is 54.0 Å². The Hall–Kier alpha value is -3.90. The molecular weight excluding hydrogens is 464 g/mol. The van der Waals surface area contributed by atoms with Crippen LogP contribution >= 0.6 is 11.8 Å². The molecule has 1 aromatic heterocycles. The van der Waals surface area contributed by atoms with E-state index in [0.29, 0.717) is 11.4 Å². The summed E-state index contributed by atoms with van der Waals surface area (Å²) < 4.78 is 2.05. The van der Waals surface area contributed by atoms with Crippen LogP contribution in [0.2, 0.25) is 0 Å². The summed E-state index contributed by atoms with van der Waals surface area (Å²) in [6.45, 7) is 6.11. The summed E-state index contributed by atoms with van der Waals surface area (Å²) in [5, 5.41) is 15.1. The van der Waals surface area contributed by atoms with E-state index < -0.39 is 0 Å². The predicted molar refractivity (Wildman–Crippen MR) is 147 cm³/mol. The Morgan fingerprint density at radius 3 is 2.42 bits per heavy atom. The molecule has 36 heavy (non-hydrogen) atoms. The highest BCUT2D eigenvalue weighted by Gasteiger charge is 2.22. The molecule has 0 saturated carbocycles. The minimum atomic E-state index is -0.342. The Morgan fingerprint density at radius 1 is 0.861 bits per heavy atom. The van der Waals surface area contributed by atoms with E-state index in [1.54, 1.807) is 11.8 Å². The highest BCUT2D eigenvalue weighted by Crippen LogP contribution is 2.28. The zero-order chi connectivity index (χ0) is 25.1. The third kappa shape index (κ3) is 5.19. The minimum absolute atomic E-state index is 0.138. The van der Waals surface area contributed by atoms with E-state index in [0.717, 1.165) is 27.4 Å². The molecule has 0 bridgehead atoms. The molecule has 1 amide bonds. The van der Waals surface area contributed by atoms with Crippen LogP contribution in [0, 0.1) is 13.8 Å². The molecule has 0 spiro atoms. The lowest BCUT2D eigenvalue weighted by atomic mass is 10.1. The lowest BCUT2D eigenvalue weighted by Crippen LogP contribution is -2.28. The van der Waals surface area contributed by atoms with Crippen LogP contribution in [-0.4, -0.2) is 20.7 Å². The SMILES string of the molecule is Cc1ccc(-n2c(SCc3cccc(C)c3)nnc2C(C)NC(=O)c2ccc3ccccc3c2)cc1. The average Bonchev–Trinajstić information content (AvgIpc) is 3.32. The second kappa shape index (κ2) is 10.4. The van der Waals surface area contributed by atoms with Crippen molar-refractivity contribution in [2.45, 2.75) is 37.7 Å². The number of aromatic nitrogens is 3. The number of rotatable bonds is 7. The molecule has 5 rings (SSSR count). The van der Waals surface area contributed by atoms with Crippen LogP contribution in [0.15, 0.2) is 96.2 Å². The van der Waals surface area contributed by atoms with E-state index in [-0.39, 0.29) is 11.9 Å². The molecule has 1 heterocycles. The van der Waals surface area contributed by atoms with E-state index >= 15 is 0 Å². The van der Waals surface area contributed by atoms with Crippen molar-refractivity contribution in [2.24, 2.45) is 0 Å². The normalized spacial score (nSPS) is 12.0. The monoisotopic (exact) mass is 492 g/mol. The van der Waals surface area contributed by atoms with Crippen molar-refractivity contribution in [3.8, 4) is 5.69 Å². The topological polar surface area (TPSA) is 59.8 Å². The third-order valence-electron chi connectivity index (χ3n) is 6.15. The van der Waals surface area contributed by atoms with Crippen molar-refractivity contribution in [1.82, 2.24) is 20.1 Å². The van der Waals surface area contributed by atoms with Crippen LogP contribution in [0.1, 0.15) is 45.8 Å². The van der Waals surface area contributed by atoms with Crippen molar-refractivity contribution in [3.63, 3.8) is 0 Å². The summed E-state index contributed by atoms with van der Waals surface area (Å²) in [6.07, 6.45) is 0. The van der Waals surface area contributed by atoms with Gasteiger partial charge in [0.1, 0.15) is 0 Å². The van der Waals surface area contributed by atoms with Crippen LogP contribution in [0.25, 0.3) is 16.5 Å². The minimum Gasteiger partial charge on any atom is -0.342 e. The van der Waals surface area contributed by atoms with Crippen LogP contribution in [-0.2, 0) is 5.75 Å². The van der Waals surface area contributed by atoms with Crippen molar-refractivity contribution < 1.29 is 4.79 Å². The maximum absolute atomic E-state index is 13.1. The molecule has 4 aromatic carbocycles. The lowest BCUT2D eigenvalue weighted by molar-refractivity contribution is 0.0938. The van der Waals surface area contributed by atoms with Gasteiger partial charge < -0.3 is 5.32 Å². The van der Waals surface area contributed by atoms with Gasteiger partial charge in [0.2, 0.25) is 0 Å². The highest BCUT2D eigenvalue weighted by atomic mass is 32.2. The fraction of sp³-hybridized carbons (Fsp3) is 0.167. The number of amides is 1. The molecule has 0 radical (unpaired) electrons. The molecular formula is C30H28N4OS. The number of carbonyl (C=O) groups is 1. The number of hydrogen-bond donors (Lipinski definition) is 1. The molecule has 6 heteroatoms. The maximum Gasteiger partial charge on any atom is 0.251 e. The van der Waals surface area contributed by atoms with Crippen LogP contribution < -0.4 is 5.32 Å². The molecule has 0 aliphatic heterocycles. The Bertz CT molecular complexity index is 1520. The lowest BCUT2D eigenvalue weighted by Gasteiger charge is -2.17. The van der Waals surface area contributed by atoms with Gasteiger partial charge in [0.05, 0.1) is 6.04 Å². The van der Waals surface area contributed by atoms with Gasteiger partial charge in [-0.05, 0) is 61.4 Å². The molecule has 5 nitrogen and oxygen atoms in total. The molecule has 1 atom stereocenters. The second-order valence-corrected chi connectivity index (χ2v) is 9.99. The quantitative estimate of drug-likeness (QED) is 0.253. The summed E-state index contributed by atoms with van der Waals surface area (Å²) in [7, 11) is 0. The standard InChI is InChI=1S/C30H28N4OS/c1-20-11-15-27(16-12-20)34-28(32-33-30(34)36-19-23-8-6-7-21(2)17-23)22(3)31-29(35)26-14-13-24-9-4-5-10-25(24)18-26/h4-18,22H,19H2,1-3H3,(H,31,35). The Balaban J connectivity index is 1.42. The number of aryl methyl sites for hydroxylation is 2. The van der Waals surface area contributed by atoms with Crippen LogP contribution in [0.3, 0.4) is 0 Å². The average molecular weight is 493 g/mol. The van der Waals surface area contributed by atoms with E-state index in [4.69, 9.17) is 0 Å². The Labute approximate surface area is 215 Å². The van der Waals surface area contributed by atoms with E-state index in [1.165, 1.54) is 16.7 Å². The van der Waals surface area contributed by atoms with Gasteiger partial charge in [0.25, 0.3) is 5.91 Å². The number of fused-ring (bicyclic) bond motifs is 1. The smallest absolute Gasteiger partial charge is 0.251 e. The van der Waals surface area contributed by atoms with Gasteiger partial charge >= 0.3 is 0 Å². The first-order valence-corrected chi connectivity index (χ1v) is 13.0. The van der Waals surface area contributed by atoms with Crippen molar-refractivity contribution in [3.05, 3.63) is 119 Å². The largest absolute Gasteiger partial charge is 0.342 e. The first-order chi connectivity index (χ1) is 17.5. The zero-order valence-electron chi connectivity index (χ0n) is 20.6. The zero-order valence-corrected chi connectivity index (χ0v) is 21.4. The van der Waals surface area contributed by atoms with Crippen molar-refractivity contribution in [2.75, 3.05) is 0 Å². The van der Waals surface area contributed by atoms with Gasteiger partial charge in [0, 0.05) is 17.0 Å². The van der Waals surface area contributed by atoms with Gasteiger partial charge in [-0.15, -0.1) is 10.2 Å². The number of nitrogens with zero attached hydrogens (tertiary/aromatic N) is 3. The Kier molecular flexibility index (Phi) is 6.87. The number of thioether (sulfide) groups is 1. The molecule has 0 aliphatic carbocycles. The van der Waals surface area contributed by atoms with Gasteiger partial charge in [0.15, 0.2) is 11.0 Å². The van der Waals surface area contributed by atoms with E-state index in [2.05, 4.69) is 77.9 Å². The Morgan fingerprint density at radius 2 is 1.64 bits per heavy atom. The summed E-state index contributed by atoms with van der Waals surface area (Å²) in [5.41, 5.74) is 5.24. The summed E-state index contributed by atoms with van der Waals surface area (Å²) in [4.78, 5) is 13.1. The van der Waals surface area contributed by atoms with Crippen LogP contribution in [0.4, 0.5) is 0 Å². The second-order valence-electron chi connectivity index (χ2n) is 9.05. The van der Waals surface area contributed by atoms with Crippen molar-refractivity contribution >= 4 is 28.4 Å². The maximum atomic E-state index is 13.1. The van der Waals surface area contributed by atoms with E-state index in [9.17, 15) is 4.79 Å². The fourth-order valence-electron chi connectivity index (χ4n) is 4.22. The summed E-state index contributed by atoms with van der Waals surface area (Å²) in [6, 6.07) is 30.2. The molecule has 5 aromatic rings. The first-order valence-electron chi connectivity index (χ1n) is 12.0. The molecule has 0 saturated heterocycles. The molecule has 180 valence electrons. The molecule has 0 aliphatic rings. The number of carbonyl (C=O) groups excluding carboxylic acids is 1. The first kappa shape index (κ1) is 23.8. The number of benzene rings is 4. The fourth-order valence-corrected chi connectivity index (χ4v) is 5.12.